The fourth-order valence-corrected chi connectivity index (χ4v) is 13.4. The highest BCUT2D eigenvalue weighted by Gasteiger charge is 2.69. The summed E-state index contributed by atoms with van der Waals surface area (Å²) in [6.07, 6.45) is 7.89. The molecule has 5 fully saturated rings. The lowest BCUT2D eigenvalue weighted by molar-refractivity contribution is -0.260. The van der Waals surface area contributed by atoms with Gasteiger partial charge >= 0.3 is 23.9 Å². The van der Waals surface area contributed by atoms with Crippen molar-refractivity contribution in [3.63, 3.8) is 0 Å². The van der Waals surface area contributed by atoms with Gasteiger partial charge in [0.1, 0.15) is 18.5 Å². The van der Waals surface area contributed by atoms with Gasteiger partial charge in [-0.2, -0.15) is 0 Å². The standard InChI is InChI=1S/C44H66O10/c1-25(45)50-24-32-37(52-27(3)47)38(53-28(4)48)36(51-26(2)46)31(54-32)23-44-20-18-39(5,6)22-30(44)29-12-13-34-41(9)16-15-35(49)40(7,8)33(41)14-17-43(34,11)42(29,10)19-21-44/h12,30-34,36-38H,13-24H2,1-11H3/t30?,31-,32?,33?,34?,36?,37+,38+,41-,42+,43+,44+/m0/s1. The third-order valence-electron chi connectivity index (χ3n) is 16.3. The van der Waals surface area contributed by atoms with E-state index >= 15 is 0 Å². The number of hydrogen-bond donors (Lipinski definition) is 0. The molecule has 1 saturated heterocycles. The minimum Gasteiger partial charge on any atom is -0.463 e. The first-order chi connectivity index (χ1) is 25.0. The number of carbonyl (C=O) groups excluding carboxylic acids is 5. The van der Waals surface area contributed by atoms with E-state index in [1.165, 1.54) is 27.7 Å². The van der Waals surface area contributed by atoms with Gasteiger partial charge in [-0.1, -0.05) is 60.1 Å². The van der Waals surface area contributed by atoms with Crippen LogP contribution < -0.4 is 0 Å². The molecular formula is C44H66O10. The third-order valence-corrected chi connectivity index (χ3v) is 16.3. The van der Waals surface area contributed by atoms with Crippen molar-refractivity contribution in [2.75, 3.05) is 6.61 Å². The number of rotatable bonds is 7. The quantitative estimate of drug-likeness (QED) is 0.144. The first-order valence-electron chi connectivity index (χ1n) is 20.5. The molecular weight excluding hydrogens is 688 g/mol. The minimum absolute atomic E-state index is 0.0294. The summed E-state index contributed by atoms with van der Waals surface area (Å²) >= 11 is 0. The summed E-state index contributed by atoms with van der Waals surface area (Å²) in [4.78, 5) is 63.0. The molecule has 0 aromatic carbocycles. The lowest BCUT2D eigenvalue weighted by atomic mass is 9.33. The lowest BCUT2D eigenvalue weighted by Crippen LogP contribution is -2.65. The third kappa shape index (κ3) is 6.76. The summed E-state index contributed by atoms with van der Waals surface area (Å²) in [5.41, 5.74) is 1.29. The van der Waals surface area contributed by atoms with Crippen LogP contribution >= 0.6 is 0 Å². The number of allylic oxidation sites excluding steroid dienone is 2. The second-order valence-corrected chi connectivity index (χ2v) is 20.2. The molecule has 54 heavy (non-hydrogen) atoms. The van der Waals surface area contributed by atoms with E-state index in [9.17, 15) is 24.0 Å². The predicted molar refractivity (Wildman–Crippen MR) is 201 cm³/mol. The van der Waals surface area contributed by atoms with Crippen LogP contribution in [0, 0.1) is 50.2 Å². The fourth-order valence-electron chi connectivity index (χ4n) is 13.4. The maximum absolute atomic E-state index is 13.2. The Morgan fingerprint density at radius 2 is 1.31 bits per heavy atom. The number of esters is 4. The molecule has 1 heterocycles. The average Bonchev–Trinajstić information content (AvgIpc) is 3.05. The molecule has 302 valence electrons. The van der Waals surface area contributed by atoms with Gasteiger partial charge in [0.2, 0.25) is 0 Å². The number of ketones is 1. The number of Topliss-reactive ketones (excluding diaryl/α,β-unsaturated/α-hetero) is 1. The fraction of sp³-hybridized carbons (Fsp3) is 0.841. The maximum Gasteiger partial charge on any atom is 0.303 e. The summed E-state index contributed by atoms with van der Waals surface area (Å²) in [7, 11) is 0. The van der Waals surface area contributed by atoms with E-state index in [0.717, 1.165) is 57.8 Å². The predicted octanol–water partition coefficient (Wildman–Crippen LogP) is 7.87. The van der Waals surface area contributed by atoms with Crippen LogP contribution in [0.5, 0.6) is 0 Å². The molecule has 0 radical (unpaired) electrons. The van der Waals surface area contributed by atoms with Gasteiger partial charge in [0.05, 0.1) is 6.10 Å². The second-order valence-electron chi connectivity index (χ2n) is 20.2. The van der Waals surface area contributed by atoms with Crippen LogP contribution in [0.4, 0.5) is 0 Å². The van der Waals surface area contributed by atoms with Crippen molar-refractivity contribution in [1.29, 1.82) is 0 Å². The molecule has 10 nitrogen and oxygen atoms in total. The van der Waals surface area contributed by atoms with Crippen molar-refractivity contribution >= 4 is 29.7 Å². The highest BCUT2D eigenvalue weighted by atomic mass is 16.7. The van der Waals surface area contributed by atoms with E-state index in [1.54, 1.807) is 5.57 Å². The van der Waals surface area contributed by atoms with Gasteiger partial charge in [0.15, 0.2) is 18.3 Å². The van der Waals surface area contributed by atoms with Crippen molar-refractivity contribution in [1.82, 2.24) is 0 Å². The largest absolute Gasteiger partial charge is 0.463 e. The molecule has 5 unspecified atom stereocenters. The molecule has 0 aromatic rings. The summed E-state index contributed by atoms with van der Waals surface area (Å²) in [5, 5.41) is 0. The van der Waals surface area contributed by atoms with Crippen LogP contribution in [0.3, 0.4) is 0 Å². The van der Waals surface area contributed by atoms with Gasteiger partial charge in [-0.25, -0.2) is 0 Å². The van der Waals surface area contributed by atoms with Crippen molar-refractivity contribution in [2.45, 2.75) is 177 Å². The summed E-state index contributed by atoms with van der Waals surface area (Å²) < 4.78 is 29.7. The van der Waals surface area contributed by atoms with Gasteiger partial charge in [-0.3, -0.25) is 24.0 Å². The molecule has 4 saturated carbocycles. The SMILES string of the molecule is CC(=O)OCC1O[C@@H](C[C@]23CCC(C)(C)CC2C2=CCC4[C@@]5(C)CCC(=O)C(C)(C)C5CC[C@@]4(C)[C@]2(C)CC3)C(OC(C)=O)[C@@H](OC(C)=O)[C@@H]1OC(C)=O. The van der Waals surface area contributed by atoms with Gasteiger partial charge in [-0.15, -0.1) is 0 Å². The Kier molecular flexibility index (Phi) is 10.6. The van der Waals surface area contributed by atoms with Crippen LogP contribution in [0.1, 0.15) is 147 Å². The summed E-state index contributed by atoms with van der Waals surface area (Å²) in [6.45, 7) is 21.6. The Morgan fingerprint density at radius 3 is 1.93 bits per heavy atom. The zero-order valence-electron chi connectivity index (χ0n) is 34.8. The Morgan fingerprint density at radius 1 is 0.722 bits per heavy atom. The molecule has 1 aliphatic heterocycles. The molecule has 0 amide bonds. The molecule has 0 aromatic heterocycles. The van der Waals surface area contributed by atoms with E-state index in [0.29, 0.717) is 30.5 Å². The Labute approximate surface area is 322 Å². The van der Waals surface area contributed by atoms with Gasteiger partial charge < -0.3 is 23.7 Å². The van der Waals surface area contributed by atoms with Crippen molar-refractivity contribution in [3.05, 3.63) is 11.6 Å². The molecule has 5 aliphatic carbocycles. The molecule has 0 bridgehead atoms. The van der Waals surface area contributed by atoms with Crippen molar-refractivity contribution in [3.8, 4) is 0 Å². The first-order valence-corrected chi connectivity index (χ1v) is 20.5. The molecule has 6 rings (SSSR count). The maximum atomic E-state index is 13.2. The number of fused-ring (bicyclic) bond motifs is 7. The van der Waals surface area contributed by atoms with E-state index in [1.807, 2.05) is 0 Å². The molecule has 10 heteroatoms. The van der Waals surface area contributed by atoms with Gasteiger partial charge in [-0.05, 0) is 109 Å². The lowest BCUT2D eigenvalue weighted by Gasteiger charge is -2.71. The zero-order valence-corrected chi connectivity index (χ0v) is 34.8. The first kappa shape index (κ1) is 40.9. The smallest absolute Gasteiger partial charge is 0.303 e. The van der Waals surface area contributed by atoms with Crippen LogP contribution in [0.2, 0.25) is 0 Å². The highest BCUT2D eigenvalue weighted by Crippen LogP contribution is 2.76. The van der Waals surface area contributed by atoms with E-state index < -0.39 is 54.4 Å². The van der Waals surface area contributed by atoms with Crippen LogP contribution in [-0.4, -0.2) is 66.8 Å². The Hall–Kier alpha value is -2.75. The van der Waals surface area contributed by atoms with Gasteiger partial charge in [0, 0.05) is 39.5 Å². The van der Waals surface area contributed by atoms with E-state index in [-0.39, 0.29) is 45.0 Å². The van der Waals surface area contributed by atoms with E-state index in [4.69, 9.17) is 23.7 Å². The number of carbonyl (C=O) groups is 5. The van der Waals surface area contributed by atoms with Gasteiger partial charge in [0.25, 0.3) is 0 Å². The van der Waals surface area contributed by atoms with Crippen LogP contribution in [0.25, 0.3) is 0 Å². The minimum atomic E-state index is -1.16. The average molecular weight is 755 g/mol. The molecule has 12 atom stereocenters. The Balaban J connectivity index is 1.40. The van der Waals surface area contributed by atoms with Crippen LogP contribution in [0.15, 0.2) is 11.6 Å². The zero-order chi connectivity index (χ0) is 39.8. The van der Waals surface area contributed by atoms with Crippen LogP contribution in [-0.2, 0) is 47.7 Å². The molecule has 0 N–H and O–H groups in total. The monoisotopic (exact) mass is 754 g/mol. The topological polar surface area (TPSA) is 132 Å². The molecule has 0 spiro atoms. The second kappa shape index (κ2) is 14.0. The van der Waals surface area contributed by atoms with Crippen molar-refractivity contribution < 1.29 is 47.7 Å². The number of ether oxygens (including phenoxy) is 5. The summed E-state index contributed by atoms with van der Waals surface area (Å²) in [5.74, 6) is -0.808. The summed E-state index contributed by atoms with van der Waals surface area (Å²) in [6, 6.07) is 0. The molecule has 6 aliphatic rings. The number of hydrogen-bond acceptors (Lipinski definition) is 10. The highest BCUT2D eigenvalue weighted by molar-refractivity contribution is 5.85. The Bertz CT molecular complexity index is 1580. The van der Waals surface area contributed by atoms with Crippen molar-refractivity contribution in [2.24, 2.45) is 50.2 Å². The van der Waals surface area contributed by atoms with E-state index in [2.05, 4.69) is 54.5 Å². The normalized spacial score (nSPS) is 43.5.